The number of nitrogens with one attached hydrogen (secondary N) is 1. The summed E-state index contributed by atoms with van der Waals surface area (Å²) >= 11 is 0. The van der Waals surface area contributed by atoms with Gasteiger partial charge in [-0.15, -0.1) is 0 Å². The van der Waals surface area contributed by atoms with E-state index in [1.807, 2.05) is 0 Å². The molecule has 2 aliphatic rings. The first kappa shape index (κ1) is 11.9. The zero-order valence-electron chi connectivity index (χ0n) is 10.5. The molecule has 1 N–H and O–H groups in total. The largest absolute Gasteiger partial charge is 0.342 e. The number of amides is 1. The van der Waals surface area contributed by atoms with E-state index in [2.05, 4.69) is 24.1 Å². The molecule has 0 aromatic carbocycles. The van der Waals surface area contributed by atoms with Crippen molar-refractivity contribution in [3.63, 3.8) is 0 Å². The summed E-state index contributed by atoms with van der Waals surface area (Å²) in [7, 11) is 0. The summed E-state index contributed by atoms with van der Waals surface area (Å²) in [5.74, 6) is 1.89. The van der Waals surface area contributed by atoms with E-state index < -0.39 is 0 Å². The number of carbonyl (C=O) groups excluding carboxylic acids is 1. The number of hydrogen-bond acceptors (Lipinski definition) is 2. The lowest BCUT2D eigenvalue weighted by Gasteiger charge is -2.33. The minimum atomic E-state index is 0.222. The number of hydrogen-bond donors (Lipinski definition) is 1. The Morgan fingerprint density at radius 1 is 1.38 bits per heavy atom. The molecule has 0 radical (unpaired) electrons. The number of nitrogens with zero attached hydrogens (tertiary/aromatic N) is 1. The van der Waals surface area contributed by atoms with Crippen LogP contribution >= 0.6 is 0 Å². The second kappa shape index (κ2) is 5.17. The highest BCUT2D eigenvalue weighted by molar-refractivity contribution is 5.79. The molecule has 0 spiro atoms. The maximum absolute atomic E-state index is 12.3. The highest BCUT2D eigenvalue weighted by Gasteiger charge is 2.33. The van der Waals surface area contributed by atoms with Crippen LogP contribution in [0.25, 0.3) is 0 Å². The van der Waals surface area contributed by atoms with E-state index in [-0.39, 0.29) is 5.92 Å². The molecule has 2 fully saturated rings. The summed E-state index contributed by atoms with van der Waals surface area (Å²) < 4.78 is 0. The van der Waals surface area contributed by atoms with Crippen LogP contribution < -0.4 is 5.32 Å². The van der Waals surface area contributed by atoms with Gasteiger partial charge in [0.15, 0.2) is 0 Å². The molecule has 1 amide bonds. The van der Waals surface area contributed by atoms with Crippen LogP contribution in [0, 0.1) is 17.8 Å². The summed E-state index contributed by atoms with van der Waals surface area (Å²) in [6.07, 6.45) is 4.00. The minimum absolute atomic E-state index is 0.222. The molecule has 1 heterocycles. The van der Waals surface area contributed by atoms with Gasteiger partial charge in [0.1, 0.15) is 0 Å². The summed E-state index contributed by atoms with van der Waals surface area (Å²) in [5, 5.41) is 3.32. The zero-order chi connectivity index (χ0) is 11.5. The second-order valence-electron chi connectivity index (χ2n) is 5.42. The molecule has 2 rings (SSSR count). The van der Waals surface area contributed by atoms with Gasteiger partial charge < -0.3 is 10.2 Å². The maximum Gasteiger partial charge on any atom is 0.227 e. The van der Waals surface area contributed by atoms with Crippen molar-refractivity contribution in [2.45, 2.75) is 33.1 Å². The monoisotopic (exact) mass is 224 g/mol. The predicted octanol–water partition coefficient (Wildman–Crippen LogP) is 1.49. The Hall–Kier alpha value is -0.570. The van der Waals surface area contributed by atoms with Gasteiger partial charge in [-0.3, -0.25) is 4.79 Å². The molecule has 0 aromatic rings. The van der Waals surface area contributed by atoms with E-state index >= 15 is 0 Å². The average Bonchev–Trinajstić information content (AvgIpc) is 2.62. The molecule has 3 heteroatoms. The molecule has 2 atom stereocenters. The third-order valence-electron chi connectivity index (χ3n) is 4.23. The van der Waals surface area contributed by atoms with Crippen LogP contribution in [0.3, 0.4) is 0 Å². The van der Waals surface area contributed by atoms with Crippen molar-refractivity contribution in [3.05, 3.63) is 0 Å². The van der Waals surface area contributed by atoms with E-state index in [0.29, 0.717) is 11.8 Å². The van der Waals surface area contributed by atoms with Gasteiger partial charge in [0.25, 0.3) is 0 Å². The Labute approximate surface area is 98.6 Å². The average molecular weight is 224 g/mol. The van der Waals surface area contributed by atoms with Gasteiger partial charge >= 0.3 is 0 Å². The lowest BCUT2D eigenvalue weighted by atomic mass is 9.84. The highest BCUT2D eigenvalue weighted by atomic mass is 16.2. The number of carbonyl (C=O) groups is 1. The number of rotatable bonds is 4. The highest BCUT2D eigenvalue weighted by Crippen LogP contribution is 2.28. The minimum Gasteiger partial charge on any atom is -0.342 e. The zero-order valence-corrected chi connectivity index (χ0v) is 10.5. The Morgan fingerprint density at radius 3 is 2.56 bits per heavy atom. The third kappa shape index (κ3) is 2.40. The van der Waals surface area contributed by atoms with Crippen molar-refractivity contribution in [2.24, 2.45) is 17.8 Å². The Kier molecular flexibility index (Phi) is 3.85. The molecule has 1 aliphatic carbocycles. The molecule has 0 aromatic heterocycles. The Morgan fingerprint density at radius 2 is 2.12 bits per heavy atom. The molecule has 92 valence electrons. The first-order chi connectivity index (χ1) is 7.72. The second-order valence-corrected chi connectivity index (χ2v) is 5.42. The fraction of sp³-hybridized carbons (Fsp3) is 0.923. The summed E-state index contributed by atoms with van der Waals surface area (Å²) in [5.41, 5.74) is 0. The smallest absolute Gasteiger partial charge is 0.227 e. The van der Waals surface area contributed by atoms with Crippen LogP contribution in [0.1, 0.15) is 33.1 Å². The standard InChI is InChI=1S/C13H24N2O/c1-3-15(9-11-5-4-6-11)13(16)12-8-14-7-10(12)2/h10-12,14H,3-9H2,1-2H3/t10-,12-/m1/s1. The summed E-state index contributed by atoms with van der Waals surface area (Å²) in [4.78, 5) is 14.4. The molecule has 0 bridgehead atoms. The molecule has 0 unspecified atom stereocenters. The van der Waals surface area contributed by atoms with Crippen molar-refractivity contribution in [1.82, 2.24) is 10.2 Å². The first-order valence-electron chi connectivity index (χ1n) is 6.72. The maximum atomic E-state index is 12.3. The van der Waals surface area contributed by atoms with Crippen LogP contribution in [0.2, 0.25) is 0 Å². The van der Waals surface area contributed by atoms with Gasteiger partial charge in [0.2, 0.25) is 5.91 Å². The molecular formula is C13H24N2O. The van der Waals surface area contributed by atoms with Crippen molar-refractivity contribution in [1.29, 1.82) is 0 Å². The predicted molar refractivity (Wildman–Crippen MR) is 65.1 cm³/mol. The fourth-order valence-electron chi connectivity index (χ4n) is 2.74. The Balaban J connectivity index is 1.89. The van der Waals surface area contributed by atoms with Gasteiger partial charge in [-0.05, 0) is 38.1 Å². The quantitative estimate of drug-likeness (QED) is 0.784. The van der Waals surface area contributed by atoms with E-state index in [0.717, 1.165) is 32.1 Å². The molecule has 1 saturated carbocycles. The molecular weight excluding hydrogens is 200 g/mol. The topological polar surface area (TPSA) is 32.3 Å². The van der Waals surface area contributed by atoms with E-state index in [1.165, 1.54) is 19.3 Å². The van der Waals surface area contributed by atoms with Gasteiger partial charge in [-0.25, -0.2) is 0 Å². The van der Waals surface area contributed by atoms with Crippen LogP contribution in [0.4, 0.5) is 0 Å². The lowest BCUT2D eigenvalue weighted by Crippen LogP contribution is -2.42. The molecule has 1 saturated heterocycles. The van der Waals surface area contributed by atoms with Gasteiger partial charge in [-0.1, -0.05) is 13.3 Å². The SMILES string of the molecule is CCN(CC1CCC1)C(=O)[C@@H]1CNC[C@H]1C. The molecule has 3 nitrogen and oxygen atoms in total. The molecule has 1 aliphatic heterocycles. The molecule has 16 heavy (non-hydrogen) atoms. The Bertz CT molecular complexity index is 250. The normalized spacial score (nSPS) is 30.1. The van der Waals surface area contributed by atoms with Crippen LogP contribution in [0.5, 0.6) is 0 Å². The van der Waals surface area contributed by atoms with Crippen LogP contribution in [0.15, 0.2) is 0 Å². The van der Waals surface area contributed by atoms with Crippen molar-refractivity contribution < 1.29 is 4.79 Å². The fourth-order valence-corrected chi connectivity index (χ4v) is 2.74. The van der Waals surface area contributed by atoms with E-state index in [1.54, 1.807) is 0 Å². The van der Waals surface area contributed by atoms with Gasteiger partial charge in [-0.2, -0.15) is 0 Å². The summed E-state index contributed by atoms with van der Waals surface area (Å²) in [6.45, 7) is 8.03. The summed E-state index contributed by atoms with van der Waals surface area (Å²) in [6, 6.07) is 0. The third-order valence-corrected chi connectivity index (χ3v) is 4.23. The first-order valence-corrected chi connectivity index (χ1v) is 6.72. The van der Waals surface area contributed by atoms with Gasteiger partial charge in [0, 0.05) is 19.6 Å². The van der Waals surface area contributed by atoms with E-state index in [4.69, 9.17) is 0 Å². The van der Waals surface area contributed by atoms with Gasteiger partial charge in [0.05, 0.1) is 5.92 Å². The van der Waals surface area contributed by atoms with Crippen molar-refractivity contribution in [2.75, 3.05) is 26.2 Å². The lowest BCUT2D eigenvalue weighted by molar-refractivity contribution is -0.136. The van der Waals surface area contributed by atoms with Crippen LogP contribution in [-0.2, 0) is 4.79 Å². The van der Waals surface area contributed by atoms with Crippen LogP contribution in [-0.4, -0.2) is 37.0 Å². The van der Waals surface area contributed by atoms with E-state index in [9.17, 15) is 4.79 Å². The van der Waals surface area contributed by atoms with Crippen molar-refractivity contribution in [3.8, 4) is 0 Å². The van der Waals surface area contributed by atoms with Crippen molar-refractivity contribution >= 4 is 5.91 Å².